The van der Waals surface area contributed by atoms with E-state index >= 15 is 0 Å². The number of hydrogen-bond donors (Lipinski definition) is 1. The van der Waals surface area contributed by atoms with Gasteiger partial charge in [-0.15, -0.1) is 0 Å². The van der Waals surface area contributed by atoms with Gasteiger partial charge in [0.05, 0.1) is 5.56 Å². The van der Waals surface area contributed by atoms with Gasteiger partial charge < -0.3 is 5.11 Å². The molecule has 1 nitrogen and oxygen atoms in total. The minimum Gasteiger partial charge on any atom is -0.508 e. The van der Waals surface area contributed by atoms with Gasteiger partial charge in [-0.3, -0.25) is 0 Å². The molecule has 0 aliphatic rings. The largest absolute Gasteiger partial charge is 0.508 e. The van der Waals surface area contributed by atoms with Gasteiger partial charge in [-0.1, -0.05) is 36.4 Å². The van der Waals surface area contributed by atoms with Crippen LogP contribution in [0.1, 0.15) is 16.7 Å². The van der Waals surface area contributed by atoms with Crippen molar-refractivity contribution in [3.05, 3.63) is 65.2 Å². The van der Waals surface area contributed by atoms with Crippen LogP contribution in [0.25, 0.3) is 12.2 Å². The number of phenolic OH excluding ortho intramolecular Hbond substituents is 1. The fraction of sp³-hybridized carbons (Fsp3) is 0.0667. The molecule has 4 heteroatoms. The first kappa shape index (κ1) is 13.2. The first-order valence-electron chi connectivity index (χ1n) is 5.59. The van der Waals surface area contributed by atoms with E-state index in [-0.39, 0.29) is 5.75 Å². The van der Waals surface area contributed by atoms with E-state index in [1.54, 1.807) is 36.4 Å². The molecule has 2 aromatic rings. The van der Waals surface area contributed by atoms with Crippen LogP contribution in [0.15, 0.2) is 48.5 Å². The Morgan fingerprint density at radius 1 is 0.737 bits per heavy atom. The van der Waals surface area contributed by atoms with Gasteiger partial charge in [0.2, 0.25) is 0 Å². The maximum atomic E-state index is 12.4. The number of rotatable bonds is 2. The van der Waals surface area contributed by atoms with Gasteiger partial charge in [0.25, 0.3) is 0 Å². The smallest absolute Gasteiger partial charge is 0.416 e. The summed E-state index contributed by atoms with van der Waals surface area (Å²) in [4.78, 5) is 0. The Hall–Kier alpha value is -2.23. The van der Waals surface area contributed by atoms with E-state index in [9.17, 15) is 13.2 Å². The molecule has 1 N–H and O–H groups in total. The number of aromatic hydroxyl groups is 1. The fourth-order valence-electron chi connectivity index (χ4n) is 1.56. The van der Waals surface area contributed by atoms with Crippen LogP contribution < -0.4 is 0 Å². The van der Waals surface area contributed by atoms with Crippen molar-refractivity contribution in [1.82, 2.24) is 0 Å². The predicted molar refractivity (Wildman–Crippen MR) is 68.5 cm³/mol. The van der Waals surface area contributed by atoms with Crippen LogP contribution in [0.5, 0.6) is 5.75 Å². The van der Waals surface area contributed by atoms with Gasteiger partial charge >= 0.3 is 6.18 Å². The van der Waals surface area contributed by atoms with Crippen molar-refractivity contribution in [2.75, 3.05) is 0 Å². The van der Waals surface area contributed by atoms with E-state index in [2.05, 4.69) is 0 Å². The van der Waals surface area contributed by atoms with E-state index in [0.717, 1.165) is 17.7 Å². The Labute approximate surface area is 108 Å². The molecule has 0 saturated heterocycles. The average Bonchev–Trinajstić information content (AvgIpc) is 2.37. The summed E-state index contributed by atoms with van der Waals surface area (Å²) in [6.07, 6.45) is -0.826. The molecule has 0 aliphatic heterocycles. The summed E-state index contributed by atoms with van der Waals surface area (Å²) in [7, 11) is 0. The molecule has 0 aliphatic carbocycles. The van der Waals surface area contributed by atoms with Crippen molar-refractivity contribution in [1.29, 1.82) is 0 Å². The van der Waals surface area contributed by atoms with E-state index < -0.39 is 11.7 Å². The van der Waals surface area contributed by atoms with Gasteiger partial charge in [0.15, 0.2) is 0 Å². The van der Waals surface area contributed by atoms with Gasteiger partial charge in [0, 0.05) is 0 Å². The van der Waals surface area contributed by atoms with Crippen LogP contribution in [0, 0.1) is 0 Å². The first-order valence-corrected chi connectivity index (χ1v) is 5.59. The molecule has 0 spiro atoms. The monoisotopic (exact) mass is 264 g/mol. The molecule has 0 unspecified atom stereocenters. The molecule has 0 radical (unpaired) electrons. The minimum absolute atomic E-state index is 0.173. The Morgan fingerprint density at radius 3 is 1.58 bits per heavy atom. The van der Waals surface area contributed by atoms with Crippen LogP contribution in [0.4, 0.5) is 13.2 Å². The lowest BCUT2D eigenvalue weighted by atomic mass is 10.1. The second kappa shape index (κ2) is 5.18. The lowest BCUT2D eigenvalue weighted by Crippen LogP contribution is -2.03. The third kappa shape index (κ3) is 3.61. The van der Waals surface area contributed by atoms with E-state index in [1.807, 2.05) is 0 Å². The number of benzene rings is 2. The van der Waals surface area contributed by atoms with Gasteiger partial charge in [-0.25, -0.2) is 0 Å². The predicted octanol–water partition coefficient (Wildman–Crippen LogP) is 4.58. The summed E-state index contributed by atoms with van der Waals surface area (Å²) in [5.41, 5.74) is 0.882. The molecular formula is C15H11F3O. The summed E-state index contributed by atoms with van der Waals surface area (Å²) >= 11 is 0. The average molecular weight is 264 g/mol. The Bertz CT molecular complexity index is 566. The van der Waals surface area contributed by atoms with E-state index in [0.29, 0.717) is 5.56 Å². The Kier molecular flexibility index (Phi) is 3.60. The first-order chi connectivity index (χ1) is 8.95. The lowest BCUT2D eigenvalue weighted by Gasteiger charge is -2.05. The summed E-state index contributed by atoms with van der Waals surface area (Å²) in [5.74, 6) is 0.173. The fourth-order valence-corrected chi connectivity index (χ4v) is 1.56. The Balaban J connectivity index is 2.13. The minimum atomic E-state index is -4.31. The van der Waals surface area contributed by atoms with Crippen LogP contribution in [-0.2, 0) is 6.18 Å². The normalized spacial score (nSPS) is 11.9. The molecule has 0 amide bonds. The number of phenols is 1. The number of hydrogen-bond acceptors (Lipinski definition) is 1. The molecule has 0 atom stereocenters. The second-order valence-electron chi connectivity index (χ2n) is 4.04. The van der Waals surface area contributed by atoms with Crippen LogP contribution in [0.2, 0.25) is 0 Å². The molecule has 0 fully saturated rings. The molecule has 0 saturated carbocycles. The molecule has 2 aromatic carbocycles. The van der Waals surface area contributed by atoms with Crippen molar-refractivity contribution < 1.29 is 18.3 Å². The third-order valence-electron chi connectivity index (χ3n) is 2.60. The van der Waals surface area contributed by atoms with Crippen molar-refractivity contribution in [2.24, 2.45) is 0 Å². The molecule has 98 valence electrons. The molecular weight excluding hydrogens is 253 g/mol. The summed E-state index contributed by atoms with van der Waals surface area (Å²) in [6.45, 7) is 0. The molecule has 0 aromatic heterocycles. The Morgan fingerprint density at radius 2 is 1.16 bits per heavy atom. The van der Waals surface area contributed by atoms with E-state index in [1.165, 1.54) is 12.1 Å². The van der Waals surface area contributed by atoms with Crippen molar-refractivity contribution in [2.45, 2.75) is 6.18 Å². The van der Waals surface area contributed by atoms with Crippen LogP contribution in [0.3, 0.4) is 0 Å². The third-order valence-corrected chi connectivity index (χ3v) is 2.60. The van der Waals surface area contributed by atoms with Gasteiger partial charge in [0.1, 0.15) is 5.75 Å². The number of alkyl halides is 3. The standard InChI is InChI=1S/C15H11F3O/c16-15(17,18)13-7-3-11(4-8-13)1-2-12-5-9-14(19)10-6-12/h1-10,19H/b2-1+. The quantitative estimate of drug-likeness (QED) is 0.787. The molecule has 19 heavy (non-hydrogen) atoms. The van der Waals surface area contributed by atoms with Crippen molar-refractivity contribution in [3.63, 3.8) is 0 Å². The highest BCUT2D eigenvalue weighted by molar-refractivity contribution is 5.69. The molecule has 0 bridgehead atoms. The highest BCUT2D eigenvalue weighted by Crippen LogP contribution is 2.29. The van der Waals surface area contributed by atoms with Crippen molar-refractivity contribution in [3.8, 4) is 5.75 Å². The zero-order chi connectivity index (χ0) is 13.9. The van der Waals surface area contributed by atoms with Crippen LogP contribution >= 0.6 is 0 Å². The highest BCUT2D eigenvalue weighted by atomic mass is 19.4. The lowest BCUT2D eigenvalue weighted by molar-refractivity contribution is -0.137. The van der Waals surface area contributed by atoms with Crippen LogP contribution in [-0.4, -0.2) is 5.11 Å². The summed E-state index contributed by atoms with van der Waals surface area (Å²) < 4.78 is 37.1. The topological polar surface area (TPSA) is 20.2 Å². The maximum Gasteiger partial charge on any atom is 0.416 e. The van der Waals surface area contributed by atoms with Crippen molar-refractivity contribution >= 4 is 12.2 Å². The highest BCUT2D eigenvalue weighted by Gasteiger charge is 2.29. The van der Waals surface area contributed by atoms with Gasteiger partial charge in [-0.2, -0.15) is 13.2 Å². The summed E-state index contributed by atoms with van der Waals surface area (Å²) in [6, 6.07) is 11.5. The zero-order valence-corrected chi connectivity index (χ0v) is 9.85. The second-order valence-corrected chi connectivity index (χ2v) is 4.04. The van der Waals surface area contributed by atoms with E-state index in [4.69, 9.17) is 5.11 Å². The zero-order valence-electron chi connectivity index (χ0n) is 9.85. The summed E-state index contributed by atoms with van der Waals surface area (Å²) in [5, 5.41) is 9.12. The molecule has 0 heterocycles. The van der Waals surface area contributed by atoms with Gasteiger partial charge in [-0.05, 0) is 35.4 Å². The molecule has 2 rings (SSSR count). The maximum absolute atomic E-state index is 12.4. The number of halogens is 3. The SMILES string of the molecule is Oc1ccc(/C=C/c2ccc(C(F)(F)F)cc2)cc1.